The predicted octanol–water partition coefficient (Wildman–Crippen LogP) is 0.785. The van der Waals surface area contributed by atoms with E-state index in [9.17, 15) is 5.21 Å². The average Bonchev–Trinajstić information content (AvgIpc) is 2.14. The van der Waals surface area contributed by atoms with Gasteiger partial charge in [-0.3, -0.25) is 0 Å². The van der Waals surface area contributed by atoms with Gasteiger partial charge in [0.1, 0.15) is 0 Å². The lowest BCUT2D eigenvalue weighted by molar-refractivity contribution is -0.600. The molecule has 78 valence electrons. The quantitative estimate of drug-likeness (QED) is 0.440. The van der Waals surface area contributed by atoms with Crippen LogP contribution in [0.2, 0.25) is 0 Å². The summed E-state index contributed by atoms with van der Waals surface area (Å²) >= 11 is 0. The largest absolute Gasteiger partial charge is 0.740 e. The second kappa shape index (κ2) is 4.64. The summed E-state index contributed by atoms with van der Waals surface area (Å²) in [4.78, 5) is 3.95. The Bertz CT molecular complexity index is 292. The highest BCUT2D eigenvalue weighted by atomic mass is 16.5. The third-order valence-corrected chi connectivity index (χ3v) is 1.82. The van der Waals surface area contributed by atoms with Gasteiger partial charge in [-0.05, 0) is 6.42 Å². The fourth-order valence-corrected chi connectivity index (χ4v) is 1.00. The van der Waals surface area contributed by atoms with Gasteiger partial charge in [-0.2, -0.15) is 0 Å². The van der Waals surface area contributed by atoms with Crippen LogP contribution in [-0.4, -0.2) is 11.6 Å². The molecular formula is C9H15N3O2. The van der Waals surface area contributed by atoms with Gasteiger partial charge in [0.15, 0.2) is 0 Å². The van der Waals surface area contributed by atoms with Crippen molar-refractivity contribution in [2.45, 2.75) is 26.7 Å². The topological polar surface area (TPSA) is 75.1 Å². The number of aromatic nitrogens is 2. The van der Waals surface area contributed by atoms with E-state index in [0.717, 1.165) is 12.8 Å². The minimum Gasteiger partial charge on any atom is -0.740 e. The van der Waals surface area contributed by atoms with Crippen LogP contribution >= 0.6 is 0 Å². The van der Waals surface area contributed by atoms with Crippen molar-refractivity contribution in [3.8, 4) is 5.88 Å². The fraction of sp³-hybridized carbons (Fsp3) is 0.556. The van der Waals surface area contributed by atoms with Gasteiger partial charge in [0.25, 0.3) is 5.88 Å². The Morgan fingerprint density at radius 2 is 2.36 bits per heavy atom. The van der Waals surface area contributed by atoms with Crippen molar-refractivity contribution in [2.24, 2.45) is 0 Å². The smallest absolute Gasteiger partial charge is 0.296 e. The van der Waals surface area contributed by atoms with E-state index in [2.05, 4.69) is 11.9 Å². The van der Waals surface area contributed by atoms with Crippen molar-refractivity contribution < 1.29 is 9.47 Å². The van der Waals surface area contributed by atoms with Gasteiger partial charge in [0.05, 0.1) is 12.7 Å². The van der Waals surface area contributed by atoms with Crippen LogP contribution in [-0.2, 0) is 0 Å². The number of rotatable bonds is 4. The Labute approximate surface area is 83.1 Å². The van der Waals surface area contributed by atoms with Crippen molar-refractivity contribution in [1.82, 2.24) is 4.98 Å². The number of ether oxygens (including phenoxy) is 1. The highest BCUT2D eigenvalue weighted by molar-refractivity contribution is 5.27. The molecule has 0 aromatic carbocycles. The predicted molar refractivity (Wildman–Crippen MR) is 52.7 cm³/mol. The number of hydrogen-bond donors (Lipinski definition) is 1. The first-order valence-electron chi connectivity index (χ1n) is 4.64. The molecule has 5 heteroatoms. The first-order valence-corrected chi connectivity index (χ1v) is 4.64. The molecule has 0 radical (unpaired) electrons. The molecule has 0 atom stereocenters. The Balaban J connectivity index is 2.69. The molecule has 0 amide bonds. The zero-order chi connectivity index (χ0) is 10.6. The summed E-state index contributed by atoms with van der Waals surface area (Å²) in [7, 11) is 0. The van der Waals surface area contributed by atoms with E-state index in [-0.39, 0.29) is 5.82 Å². The molecule has 5 nitrogen and oxygen atoms in total. The van der Waals surface area contributed by atoms with Crippen LogP contribution in [0.3, 0.4) is 0 Å². The second-order valence-corrected chi connectivity index (χ2v) is 3.06. The van der Waals surface area contributed by atoms with E-state index in [1.807, 2.05) is 0 Å². The number of nitrogen functional groups attached to an aromatic ring is 1. The van der Waals surface area contributed by atoms with Gasteiger partial charge in [-0.15, -0.1) is 0 Å². The molecule has 2 N–H and O–H groups in total. The van der Waals surface area contributed by atoms with Crippen LogP contribution in [0.4, 0.5) is 5.82 Å². The van der Waals surface area contributed by atoms with Crippen molar-refractivity contribution in [1.29, 1.82) is 0 Å². The third-order valence-electron chi connectivity index (χ3n) is 1.82. The zero-order valence-corrected chi connectivity index (χ0v) is 8.49. The van der Waals surface area contributed by atoms with E-state index < -0.39 is 0 Å². The number of nitrogens with two attached hydrogens (primary N) is 1. The van der Waals surface area contributed by atoms with Crippen LogP contribution in [0.25, 0.3) is 0 Å². The van der Waals surface area contributed by atoms with Crippen LogP contribution in [0.15, 0.2) is 6.07 Å². The summed E-state index contributed by atoms with van der Waals surface area (Å²) in [6.45, 7) is 4.27. The van der Waals surface area contributed by atoms with Crippen LogP contribution in [0, 0.1) is 12.1 Å². The van der Waals surface area contributed by atoms with Crippen molar-refractivity contribution in [3.05, 3.63) is 17.1 Å². The molecule has 1 heterocycles. The van der Waals surface area contributed by atoms with Gasteiger partial charge in [0, 0.05) is 6.92 Å². The normalized spacial score (nSPS) is 10.1. The molecule has 0 fully saturated rings. The molecule has 0 saturated heterocycles. The van der Waals surface area contributed by atoms with Gasteiger partial charge in [0.2, 0.25) is 11.6 Å². The minimum atomic E-state index is 0.115. The molecule has 14 heavy (non-hydrogen) atoms. The number of anilines is 1. The molecule has 1 aromatic rings. The van der Waals surface area contributed by atoms with E-state index in [1.54, 1.807) is 6.92 Å². The van der Waals surface area contributed by atoms with Gasteiger partial charge in [-0.1, -0.05) is 18.3 Å². The molecule has 0 aliphatic heterocycles. The van der Waals surface area contributed by atoms with E-state index in [0.29, 0.717) is 23.0 Å². The van der Waals surface area contributed by atoms with Gasteiger partial charge in [-0.25, -0.2) is 4.73 Å². The standard InChI is InChI=1S/C9H15N3O2/c1-3-4-5-14-9-6-8(10)12(13)7(2)11-9/h6H,3-5,10H2,1-2H3. The van der Waals surface area contributed by atoms with E-state index >= 15 is 0 Å². The first kappa shape index (κ1) is 10.6. The lowest BCUT2D eigenvalue weighted by Crippen LogP contribution is -2.35. The minimum absolute atomic E-state index is 0.115. The number of hydrogen-bond acceptors (Lipinski definition) is 4. The van der Waals surface area contributed by atoms with E-state index in [1.165, 1.54) is 6.07 Å². The Morgan fingerprint density at radius 3 is 2.93 bits per heavy atom. The maximum Gasteiger partial charge on any atom is 0.296 e. The van der Waals surface area contributed by atoms with Gasteiger partial charge < -0.3 is 15.7 Å². The lowest BCUT2D eigenvalue weighted by atomic mass is 10.4. The summed E-state index contributed by atoms with van der Waals surface area (Å²) < 4.78 is 5.90. The summed E-state index contributed by atoms with van der Waals surface area (Å²) in [5, 5.41) is 11.1. The average molecular weight is 197 g/mol. The number of unbranched alkanes of at least 4 members (excludes halogenated alkanes) is 1. The monoisotopic (exact) mass is 197 g/mol. The third kappa shape index (κ3) is 2.48. The molecule has 0 unspecified atom stereocenters. The summed E-state index contributed by atoms with van der Waals surface area (Å²) in [6.07, 6.45) is 2.02. The summed E-state index contributed by atoms with van der Waals surface area (Å²) in [5.41, 5.74) is 5.46. The second-order valence-electron chi connectivity index (χ2n) is 3.06. The highest BCUT2D eigenvalue weighted by Gasteiger charge is 2.08. The van der Waals surface area contributed by atoms with Gasteiger partial charge >= 0.3 is 0 Å². The van der Waals surface area contributed by atoms with Crippen molar-refractivity contribution in [2.75, 3.05) is 12.3 Å². The van der Waals surface area contributed by atoms with Crippen molar-refractivity contribution >= 4 is 5.82 Å². The Hall–Kier alpha value is -1.52. The molecule has 0 aliphatic rings. The molecule has 0 saturated carbocycles. The molecule has 1 aromatic heterocycles. The molecule has 0 aliphatic carbocycles. The highest BCUT2D eigenvalue weighted by Crippen LogP contribution is 2.09. The molecular weight excluding hydrogens is 182 g/mol. The molecule has 1 rings (SSSR count). The van der Waals surface area contributed by atoms with Crippen LogP contribution in [0.1, 0.15) is 25.6 Å². The first-order chi connectivity index (χ1) is 6.65. The van der Waals surface area contributed by atoms with E-state index in [4.69, 9.17) is 10.5 Å². The molecule has 0 spiro atoms. The zero-order valence-electron chi connectivity index (χ0n) is 8.49. The number of nitrogens with zero attached hydrogens (tertiary/aromatic N) is 2. The Morgan fingerprint density at radius 1 is 1.64 bits per heavy atom. The molecule has 0 bridgehead atoms. The maximum atomic E-state index is 11.1. The SMILES string of the molecule is CCCCOc1cc(N)[n+]([O-])c(C)n1. The number of aryl methyl sites for hydroxylation is 1. The Kier molecular flexibility index (Phi) is 3.50. The fourth-order valence-electron chi connectivity index (χ4n) is 1.00. The lowest BCUT2D eigenvalue weighted by Gasteiger charge is -2.09. The van der Waals surface area contributed by atoms with Crippen LogP contribution < -0.4 is 15.2 Å². The van der Waals surface area contributed by atoms with Crippen molar-refractivity contribution in [3.63, 3.8) is 0 Å². The summed E-state index contributed by atoms with van der Waals surface area (Å²) in [5.74, 6) is 0.834. The maximum absolute atomic E-state index is 11.1. The summed E-state index contributed by atoms with van der Waals surface area (Å²) in [6, 6.07) is 1.44. The van der Waals surface area contributed by atoms with Crippen LogP contribution in [0.5, 0.6) is 5.88 Å².